The highest BCUT2D eigenvalue weighted by molar-refractivity contribution is 5.91. The third-order valence-electron chi connectivity index (χ3n) is 3.94. The molecular weight excluding hydrogens is 322 g/mol. The van der Waals surface area contributed by atoms with E-state index in [1.54, 1.807) is 0 Å². The molecule has 0 bridgehead atoms. The quantitative estimate of drug-likeness (QED) is 0.322. The van der Waals surface area contributed by atoms with Crippen LogP contribution < -0.4 is 0 Å². The molecule has 0 aliphatic carbocycles. The van der Waals surface area contributed by atoms with Crippen LogP contribution in [0, 0.1) is 5.92 Å². The zero-order chi connectivity index (χ0) is 18.5. The lowest BCUT2D eigenvalue weighted by Crippen LogP contribution is -2.36. The summed E-state index contributed by atoms with van der Waals surface area (Å²) in [5, 5.41) is 0. The Labute approximate surface area is 151 Å². The predicted octanol–water partition coefficient (Wildman–Crippen LogP) is 2.57. The first-order valence-electron chi connectivity index (χ1n) is 9.33. The summed E-state index contributed by atoms with van der Waals surface area (Å²) in [6.45, 7) is 11.1. The highest BCUT2D eigenvalue weighted by atomic mass is 16.5. The zero-order valence-electron chi connectivity index (χ0n) is 15.9. The summed E-state index contributed by atoms with van der Waals surface area (Å²) in [6.07, 6.45) is 5.86. The normalized spacial score (nSPS) is 17.0. The molecule has 0 aromatic heterocycles. The Bertz CT molecular complexity index is 416. The molecule has 25 heavy (non-hydrogen) atoms. The molecule has 144 valence electrons. The number of carbonyl (C=O) groups is 2. The van der Waals surface area contributed by atoms with Gasteiger partial charge < -0.3 is 14.2 Å². The van der Waals surface area contributed by atoms with E-state index in [4.69, 9.17) is 14.2 Å². The number of nitrogens with zero attached hydrogens (tertiary/aromatic N) is 1. The van der Waals surface area contributed by atoms with Gasteiger partial charge in [-0.1, -0.05) is 13.8 Å². The first-order valence-corrected chi connectivity index (χ1v) is 9.33. The second-order valence-corrected chi connectivity index (χ2v) is 6.89. The number of rotatable bonds is 11. The lowest BCUT2D eigenvalue weighted by atomic mass is 10.1. The van der Waals surface area contributed by atoms with E-state index in [1.807, 2.05) is 6.92 Å². The van der Waals surface area contributed by atoms with E-state index in [0.29, 0.717) is 12.5 Å². The monoisotopic (exact) mass is 355 g/mol. The summed E-state index contributed by atoms with van der Waals surface area (Å²) in [5.41, 5.74) is 0. The van der Waals surface area contributed by atoms with Crippen molar-refractivity contribution in [3.8, 4) is 0 Å². The van der Waals surface area contributed by atoms with Gasteiger partial charge in [-0.2, -0.15) is 0 Å². The largest absolute Gasteiger partial charge is 0.463 e. The van der Waals surface area contributed by atoms with Crippen molar-refractivity contribution in [2.45, 2.75) is 52.6 Å². The van der Waals surface area contributed by atoms with Crippen molar-refractivity contribution in [1.82, 2.24) is 4.90 Å². The number of hydrogen-bond donors (Lipinski definition) is 0. The van der Waals surface area contributed by atoms with Gasteiger partial charge in [-0.3, -0.25) is 4.90 Å². The third-order valence-corrected chi connectivity index (χ3v) is 3.94. The highest BCUT2D eigenvalue weighted by Crippen LogP contribution is 2.08. The first-order chi connectivity index (χ1) is 12.0. The van der Waals surface area contributed by atoms with Crippen molar-refractivity contribution in [2.24, 2.45) is 5.92 Å². The van der Waals surface area contributed by atoms with Crippen LogP contribution >= 0.6 is 0 Å². The van der Waals surface area contributed by atoms with Crippen LogP contribution in [0.1, 0.15) is 46.5 Å². The van der Waals surface area contributed by atoms with Crippen molar-refractivity contribution >= 4 is 11.9 Å². The van der Waals surface area contributed by atoms with Gasteiger partial charge in [0, 0.05) is 25.2 Å². The van der Waals surface area contributed by atoms with E-state index >= 15 is 0 Å². The van der Waals surface area contributed by atoms with Crippen LogP contribution in [0.5, 0.6) is 0 Å². The SMILES string of the molecule is CC(C)CC(C)OC(=O)/C=C/C(=O)OCCCCCN1CCOCC1. The first kappa shape index (κ1) is 21.6. The van der Waals surface area contributed by atoms with Crippen LogP contribution in [-0.4, -0.2) is 62.4 Å². The number of esters is 2. The second-order valence-electron chi connectivity index (χ2n) is 6.89. The molecule has 0 aromatic rings. The number of hydrogen-bond acceptors (Lipinski definition) is 6. The predicted molar refractivity (Wildman–Crippen MR) is 96.2 cm³/mol. The van der Waals surface area contributed by atoms with E-state index in [1.165, 1.54) is 0 Å². The topological polar surface area (TPSA) is 65.1 Å². The van der Waals surface area contributed by atoms with Crippen molar-refractivity contribution in [2.75, 3.05) is 39.5 Å². The van der Waals surface area contributed by atoms with Gasteiger partial charge in [-0.15, -0.1) is 0 Å². The summed E-state index contributed by atoms with van der Waals surface area (Å²) in [4.78, 5) is 25.5. The van der Waals surface area contributed by atoms with Gasteiger partial charge >= 0.3 is 11.9 Å². The van der Waals surface area contributed by atoms with Gasteiger partial charge in [-0.05, 0) is 45.1 Å². The fourth-order valence-electron chi connectivity index (χ4n) is 2.75. The Kier molecular flexibility index (Phi) is 11.2. The third kappa shape index (κ3) is 11.7. The molecule has 1 unspecified atom stereocenters. The van der Waals surface area contributed by atoms with E-state index in [-0.39, 0.29) is 6.10 Å². The molecule has 1 aliphatic heterocycles. The van der Waals surface area contributed by atoms with Crippen molar-refractivity contribution < 1.29 is 23.8 Å². The molecule has 0 amide bonds. The van der Waals surface area contributed by atoms with E-state index < -0.39 is 11.9 Å². The Morgan fingerprint density at radius 1 is 1.04 bits per heavy atom. The lowest BCUT2D eigenvalue weighted by molar-refractivity contribution is -0.144. The summed E-state index contributed by atoms with van der Waals surface area (Å²) in [5.74, 6) is -0.544. The molecule has 6 nitrogen and oxygen atoms in total. The number of unbranched alkanes of at least 4 members (excludes halogenated alkanes) is 2. The number of ether oxygens (including phenoxy) is 3. The highest BCUT2D eigenvalue weighted by Gasteiger charge is 2.10. The van der Waals surface area contributed by atoms with Crippen LogP contribution in [0.2, 0.25) is 0 Å². The summed E-state index contributed by atoms with van der Waals surface area (Å²) in [7, 11) is 0. The molecule has 1 fully saturated rings. The minimum Gasteiger partial charge on any atom is -0.463 e. The lowest BCUT2D eigenvalue weighted by Gasteiger charge is -2.26. The van der Waals surface area contributed by atoms with Gasteiger partial charge in [0.2, 0.25) is 0 Å². The molecule has 0 aromatic carbocycles. The summed E-state index contributed by atoms with van der Waals surface area (Å²) >= 11 is 0. The zero-order valence-corrected chi connectivity index (χ0v) is 15.9. The maximum atomic E-state index is 11.6. The van der Waals surface area contributed by atoms with Gasteiger partial charge in [-0.25, -0.2) is 9.59 Å². The average molecular weight is 355 g/mol. The molecule has 1 heterocycles. The molecule has 0 radical (unpaired) electrons. The smallest absolute Gasteiger partial charge is 0.331 e. The summed E-state index contributed by atoms with van der Waals surface area (Å²) < 4.78 is 15.6. The molecule has 1 atom stereocenters. The summed E-state index contributed by atoms with van der Waals surface area (Å²) in [6, 6.07) is 0. The fraction of sp³-hybridized carbons (Fsp3) is 0.789. The second kappa shape index (κ2) is 12.9. The van der Waals surface area contributed by atoms with E-state index in [2.05, 4.69) is 18.7 Å². The van der Waals surface area contributed by atoms with Gasteiger partial charge in [0.25, 0.3) is 0 Å². The maximum absolute atomic E-state index is 11.6. The fourth-order valence-corrected chi connectivity index (χ4v) is 2.75. The van der Waals surface area contributed by atoms with Crippen LogP contribution in [0.15, 0.2) is 12.2 Å². The van der Waals surface area contributed by atoms with Gasteiger partial charge in [0.1, 0.15) is 0 Å². The van der Waals surface area contributed by atoms with Crippen LogP contribution in [-0.2, 0) is 23.8 Å². The van der Waals surface area contributed by atoms with Crippen LogP contribution in [0.4, 0.5) is 0 Å². The van der Waals surface area contributed by atoms with Crippen LogP contribution in [0.25, 0.3) is 0 Å². The Balaban J connectivity index is 2.02. The number of carbonyl (C=O) groups excluding carboxylic acids is 2. The Morgan fingerprint density at radius 3 is 2.40 bits per heavy atom. The van der Waals surface area contributed by atoms with E-state index in [9.17, 15) is 9.59 Å². The van der Waals surface area contributed by atoms with E-state index in [0.717, 1.165) is 70.7 Å². The molecule has 1 aliphatic rings. The molecular formula is C19H33NO5. The Hall–Kier alpha value is -1.40. The maximum Gasteiger partial charge on any atom is 0.331 e. The molecule has 0 saturated carbocycles. The Morgan fingerprint density at radius 2 is 1.72 bits per heavy atom. The molecule has 1 rings (SSSR count). The minimum atomic E-state index is -0.504. The van der Waals surface area contributed by atoms with Gasteiger partial charge in [0.05, 0.1) is 25.9 Å². The molecule has 1 saturated heterocycles. The van der Waals surface area contributed by atoms with Gasteiger partial charge in [0.15, 0.2) is 0 Å². The average Bonchev–Trinajstić information content (AvgIpc) is 2.56. The number of morpholine rings is 1. The van der Waals surface area contributed by atoms with Crippen molar-refractivity contribution in [3.63, 3.8) is 0 Å². The molecule has 0 spiro atoms. The van der Waals surface area contributed by atoms with Crippen molar-refractivity contribution in [1.29, 1.82) is 0 Å². The van der Waals surface area contributed by atoms with Crippen molar-refractivity contribution in [3.05, 3.63) is 12.2 Å². The minimum absolute atomic E-state index is 0.153. The standard InChI is InChI=1S/C19H33NO5/c1-16(2)15-17(3)25-19(22)8-7-18(21)24-12-6-4-5-9-20-10-13-23-14-11-20/h7-8,16-17H,4-6,9-15H2,1-3H3/b8-7+. The molecule has 6 heteroatoms. The molecule has 0 N–H and O–H groups in total. The van der Waals surface area contributed by atoms with Crippen LogP contribution in [0.3, 0.4) is 0 Å².